The van der Waals surface area contributed by atoms with Gasteiger partial charge < -0.3 is 14.2 Å². The second-order valence-corrected chi connectivity index (χ2v) is 5.23. The summed E-state index contributed by atoms with van der Waals surface area (Å²) in [6, 6.07) is 13.8. The van der Waals surface area contributed by atoms with E-state index < -0.39 is 0 Å². The minimum Gasteiger partial charge on any atom is -0.497 e. The van der Waals surface area contributed by atoms with Gasteiger partial charge in [0.25, 0.3) is 0 Å². The molecule has 2 aromatic carbocycles. The summed E-state index contributed by atoms with van der Waals surface area (Å²) in [6.07, 6.45) is 0. The van der Waals surface area contributed by atoms with E-state index >= 15 is 0 Å². The minimum atomic E-state index is 0.246. The summed E-state index contributed by atoms with van der Waals surface area (Å²) in [5, 5.41) is 0. The Hall–Kier alpha value is -1.87. The van der Waals surface area contributed by atoms with Crippen LogP contribution in [0.1, 0.15) is 17.0 Å². The molecule has 1 unspecified atom stereocenters. The maximum Gasteiger partial charge on any atom is 0.127 e. The molecule has 0 bridgehead atoms. The predicted octanol–water partition coefficient (Wildman–Crippen LogP) is 3.99. The monoisotopic (exact) mass is 304 g/mol. The first kappa shape index (κ1) is 14.1. The molecule has 0 aliphatic carbocycles. The van der Waals surface area contributed by atoms with E-state index in [1.54, 1.807) is 7.11 Å². The molecule has 1 atom stereocenters. The molecule has 2 aromatic rings. The van der Waals surface area contributed by atoms with Crippen molar-refractivity contribution in [1.82, 2.24) is 0 Å². The fourth-order valence-corrected chi connectivity index (χ4v) is 2.69. The lowest BCUT2D eigenvalue weighted by molar-refractivity contribution is 0.246. The lowest BCUT2D eigenvalue weighted by Crippen LogP contribution is -2.12. The summed E-state index contributed by atoms with van der Waals surface area (Å²) >= 11 is 5.96. The van der Waals surface area contributed by atoms with Gasteiger partial charge in [-0.05, 0) is 12.1 Å². The van der Waals surface area contributed by atoms with Crippen molar-refractivity contribution in [2.75, 3.05) is 20.3 Å². The van der Waals surface area contributed by atoms with Crippen LogP contribution in [0.4, 0.5) is 0 Å². The summed E-state index contributed by atoms with van der Waals surface area (Å²) in [7, 11) is 1.64. The van der Waals surface area contributed by atoms with E-state index in [1.165, 1.54) is 5.56 Å². The van der Waals surface area contributed by atoms with Gasteiger partial charge in [0.1, 0.15) is 17.2 Å². The van der Waals surface area contributed by atoms with Crippen LogP contribution in [0.5, 0.6) is 17.2 Å². The molecule has 0 radical (unpaired) electrons. The summed E-state index contributed by atoms with van der Waals surface area (Å²) in [4.78, 5) is 0. The van der Waals surface area contributed by atoms with Crippen molar-refractivity contribution in [3.05, 3.63) is 53.6 Å². The van der Waals surface area contributed by atoms with Crippen molar-refractivity contribution < 1.29 is 14.2 Å². The van der Waals surface area contributed by atoms with Crippen LogP contribution < -0.4 is 14.2 Å². The largest absolute Gasteiger partial charge is 0.497 e. The average Bonchev–Trinajstić information content (AvgIpc) is 2.96. The van der Waals surface area contributed by atoms with Crippen LogP contribution in [-0.2, 0) is 5.88 Å². The summed E-state index contributed by atoms with van der Waals surface area (Å²) in [5.41, 5.74) is 2.16. The van der Waals surface area contributed by atoms with Crippen molar-refractivity contribution in [1.29, 1.82) is 0 Å². The zero-order valence-electron chi connectivity index (χ0n) is 11.8. The molecule has 0 amide bonds. The van der Waals surface area contributed by atoms with Crippen LogP contribution in [0.3, 0.4) is 0 Å². The van der Waals surface area contributed by atoms with Crippen molar-refractivity contribution in [2.24, 2.45) is 0 Å². The van der Waals surface area contributed by atoms with Crippen LogP contribution in [0.2, 0.25) is 0 Å². The number of rotatable bonds is 5. The molecule has 3 rings (SSSR count). The van der Waals surface area contributed by atoms with Crippen LogP contribution in [-0.4, -0.2) is 20.3 Å². The first-order chi connectivity index (χ1) is 10.3. The van der Waals surface area contributed by atoms with E-state index in [9.17, 15) is 0 Å². The number of fused-ring (bicyclic) bond motifs is 1. The Labute approximate surface area is 129 Å². The van der Waals surface area contributed by atoms with Crippen LogP contribution in [0, 0.1) is 0 Å². The van der Waals surface area contributed by atoms with Crippen molar-refractivity contribution in [3.8, 4) is 17.2 Å². The third-order valence-electron chi connectivity index (χ3n) is 3.66. The van der Waals surface area contributed by atoms with Crippen LogP contribution in [0.15, 0.2) is 42.5 Å². The Morgan fingerprint density at radius 2 is 2.10 bits per heavy atom. The fraction of sp³-hybridized carbons (Fsp3) is 0.294. The third kappa shape index (κ3) is 2.93. The van der Waals surface area contributed by atoms with Crippen LogP contribution >= 0.6 is 11.6 Å². The highest BCUT2D eigenvalue weighted by Gasteiger charge is 2.24. The fourth-order valence-electron chi connectivity index (χ4n) is 2.46. The normalized spacial score (nSPS) is 16.2. The number of hydrogen-bond donors (Lipinski definition) is 0. The Morgan fingerprint density at radius 3 is 2.90 bits per heavy atom. The lowest BCUT2D eigenvalue weighted by Gasteiger charge is -2.14. The maximum atomic E-state index is 5.97. The zero-order chi connectivity index (χ0) is 14.7. The molecular formula is C17H17ClO3. The van der Waals surface area contributed by atoms with Crippen molar-refractivity contribution >= 4 is 11.6 Å². The van der Waals surface area contributed by atoms with Gasteiger partial charge in [-0.1, -0.05) is 24.3 Å². The smallest absolute Gasteiger partial charge is 0.127 e. The molecule has 0 aromatic heterocycles. The van der Waals surface area contributed by atoms with Gasteiger partial charge in [0.2, 0.25) is 0 Å². The number of hydrogen-bond acceptors (Lipinski definition) is 3. The molecule has 1 aliphatic rings. The first-order valence-corrected chi connectivity index (χ1v) is 7.42. The molecule has 0 saturated heterocycles. The highest BCUT2D eigenvalue weighted by atomic mass is 35.5. The number of alkyl halides is 1. The van der Waals surface area contributed by atoms with Gasteiger partial charge in [0.05, 0.1) is 32.1 Å². The number of benzene rings is 2. The molecule has 3 nitrogen and oxygen atoms in total. The second kappa shape index (κ2) is 6.27. The van der Waals surface area contributed by atoms with Gasteiger partial charge >= 0.3 is 0 Å². The summed E-state index contributed by atoms with van der Waals surface area (Å²) < 4.78 is 16.9. The molecular weight excluding hydrogens is 288 g/mol. The van der Waals surface area contributed by atoms with Crippen LogP contribution in [0.25, 0.3) is 0 Å². The average molecular weight is 305 g/mol. The summed E-state index contributed by atoms with van der Waals surface area (Å²) in [6.45, 7) is 1.22. The van der Waals surface area contributed by atoms with Crippen molar-refractivity contribution in [2.45, 2.75) is 11.8 Å². The highest BCUT2D eigenvalue weighted by Crippen LogP contribution is 2.34. The summed E-state index contributed by atoms with van der Waals surface area (Å²) in [5.74, 6) is 3.15. The van der Waals surface area contributed by atoms with E-state index in [1.807, 2.05) is 36.4 Å². The van der Waals surface area contributed by atoms with E-state index in [0.717, 1.165) is 22.8 Å². The van der Waals surface area contributed by atoms with E-state index in [4.69, 9.17) is 25.8 Å². The highest BCUT2D eigenvalue weighted by molar-refractivity contribution is 6.17. The van der Waals surface area contributed by atoms with Crippen molar-refractivity contribution in [3.63, 3.8) is 0 Å². The molecule has 0 spiro atoms. The molecule has 1 aliphatic heterocycles. The molecule has 110 valence electrons. The maximum absolute atomic E-state index is 5.97. The Bertz CT molecular complexity index is 627. The lowest BCUT2D eigenvalue weighted by atomic mass is 10.0. The van der Waals surface area contributed by atoms with Gasteiger partial charge in [-0.3, -0.25) is 0 Å². The van der Waals surface area contributed by atoms with E-state index in [-0.39, 0.29) is 5.92 Å². The SMILES string of the molecule is COc1ccc(CCl)c(OCC2COc3ccccc32)c1. The van der Waals surface area contributed by atoms with Gasteiger partial charge in [-0.2, -0.15) is 0 Å². The van der Waals surface area contributed by atoms with E-state index in [2.05, 4.69) is 6.07 Å². The van der Waals surface area contributed by atoms with Gasteiger partial charge in [-0.25, -0.2) is 0 Å². The molecule has 0 fully saturated rings. The van der Waals surface area contributed by atoms with E-state index in [0.29, 0.717) is 19.1 Å². The molecule has 1 heterocycles. The Balaban J connectivity index is 1.74. The predicted molar refractivity (Wildman–Crippen MR) is 82.7 cm³/mol. The van der Waals surface area contributed by atoms with Gasteiger partial charge in [0.15, 0.2) is 0 Å². The Morgan fingerprint density at radius 1 is 1.24 bits per heavy atom. The number of methoxy groups -OCH3 is 1. The minimum absolute atomic E-state index is 0.246. The van der Waals surface area contributed by atoms with Gasteiger partial charge in [0, 0.05) is 17.2 Å². The first-order valence-electron chi connectivity index (χ1n) is 6.89. The Kier molecular flexibility index (Phi) is 4.20. The standard InChI is InChI=1S/C17H17ClO3/c1-19-14-7-6-12(9-18)17(8-14)21-11-13-10-20-16-5-3-2-4-15(13)16/h2-8,13H,9-11H2,1H3. The second-order valence-electron chi connectivity index (χ2n) is 4.96. The zero-order valence-corrected chi connectivity index (χ0v) is 12.6. The number of para-hydroxylation sites is 1. The molecule has 4 heteroatoms. The molecule has 21 heavy (non-hydrogen) atoms. The topological polar surface area (TPSA) is 27.7 Å². The number of halogens is 1. The molecule has 0 N–H and O–H groups in total. The number of ether oxygens (including phenoxy) is 3. The quantitative estimate of drug-likeness (QED) is 0.782. The molecule has 0 saturated carbocycles. The van der Waals surface area contributed by atoms with Gasteiger partial charge in [-0.15, -0.1) is 11.6 Å². The third-order valence-corrected chi connectivity index (χ3v) is 3.95.